The minimum absolute atomic E-state index is 0.0595. The van der Waals surface area contributed by atoms with E-state index in [0.29, 0.717) is 19.7 Å². The number of hydrogen-bond donors (Lipinski definition) is 2. The number of ether oxygens (including phenoxy) is 1. The van der Waals surface area contributed by atoms with E-state index in [1.165, 1.54) is 0 Å². The number of hydrogen-bond acceptors (Lipinski definition) is 4. The van der Waals surface area contributed by atoms with Crippen molar-refractivity contribution >= 4 is 6.41 Å². The molecule has 20 heavy (non-hydrogen) atoms. The van der Waals surface area contributed by atoms with Crippen LogP contribution in [0.5, 0.6) is 0 Å². The third-order valence-corrected chi connectivity index (χ3v) is 4.03. The average molecular weight is 286 g/mol. The van der Waals surface area contributed by atoms with E-state index in [4.69, 9.17) is 4.74 Å². The number of aliphatic hydroxyl groups excluding tert-OH is 1. The van der Waals surface area contributed by atoms with Crippen LogP contribution in [0.25, 0.3) is 0 Å². The van der Waals surface area contributed by atoms with Crippen molar-refractivity contribution in [2.45, 2.75) is 57.6 Å². The number of aliphatic hydroxyl groups is 1. The van der Waals surface area contributed by atoms with Gasteiger partial charge in [-0.1, -0.05) is 0 Å². The van der Waals surface area contributed by atoms with E-state index in [0.717, 1.165) is 38.6 Å². The van der Waals surface area contributed by atoms with E-state index < -0.39 is 0 Å². The molecule has 2 N–H and O–H groups in total. The molecule has 0 aromatic carbocycles. The van der Waals surface area contributed by atoms with Crippen LogP contribution in [-0.2, 0) is 9.53 Å². The van der Waals surface area contributed by atoms with Gasteiger partial charge in [-0.3, -0.25) is 9.69 Å². The van der Waals surface area contributed by atoms with Gasteiger partial charge in [-0.2, -0.15) is 0 Å². The van der Waals surface area contributed by atoms with Gasteiger partial charge in [0.05, 0.1) is 12.2 Å². The normalized spacial score (nSPS) is 24.0. The molecule has 1 atom stereocenters. The lowest BCUT2D eigenvalue weighted by Gasteiger charge is -2.39. The number of nitrogens with one attached hydrogen (secondary N) is 1. The van der Waals surface area contributed by atoms with Crippen molar-refractivity contribution in [3.63, 3.8) is 0 Å². The lowest BCUT2D eigenvalue weighted by atomic mass is 9.88. The summed E-state index contributed by atoms with van der Waals surface area (Å²) >= 11 is 0. The molecule has 1 saturated heterocycles. The zero-order valence-electron chi connectivity index (χ0n) is 13.2. The molecule has 0 aliphatic carbocycles. The highest BCUT2D eigenvalue weighted by atomic mass is 16.5. The maximum atomic E-state index is 10.4. The monoisotopic (exact) mass is 286 g/mol. The van der Waals surface area contributed by atoms with Crippen molar-refractivity contribution in [2.75, 3.05) is 32.8 Å². The van der Waals surface area contributed by atoms with E-state index in [1.54, 1.807) is 0 Å². The van der Waals surface area contributed by atoms with Crippen molar-refractivity contribution in [3.8, 4) is 0 Å². The van der Waals surface area contributed by atoms with Crippen molar-refractivity contribution in [1.82, 2.24) is 10.2 Å². The number of carbonyl (C=O) groups excluding carboxylic acids is 1. The van der Waals surface area contributed by atoms with Gasteiger partial charge < -0.3 is 15.2 Å². The van der Waals surface area contributed by atoms with E-state index in [-0.39, 0.29) is 17.7 Å². The minimum atomic E-state index is -0.122. The molecule has 0 aromatic heterocycles. The summed E-state index contributed by atoms with van der Waals surface area (Å²) in [6, 6.07) is 0. The number of carbonyl (C=O) groups is 1. The number of likely N-dealkylation sites (tertiary alicyclic amines) is 1. The van der Waals surface area contributed by atoms with Gasteiger partial charge in [-0.15, -0.1) is 0 Å². The van der Waals surface area contributed by atoms with Crippen molar-refractivity contribution < 1.29 is 14.6 Å². The fourth-order valence-corrected chi connectivity index (χ4v) is 3.07. The Balaban J connectivity index is 2.60. The minimum Gasteiger partial charge on any atom is -0.395 e. The third-order valence-electron chi connectivity index (χ3n) is 4.03. The molecule has 0 saturated carbocycles. The number of β-amino-alcohol motifs (C(OH)–C–C–N with tert-alkyl or cyclic N) is 1. The molecule has 1 fully saturated rings. The van der Waals surface area contributed by atoms with Gasteiger partial charge >= 0.3 is 0 Å². The first-order valence-electron chi connectivity index (χ1n) is 7.60. The predicted molar refractivity (Wildman–Crippen MR) is 79.6 cm³/mol. The van der Waals surface area contributed by atoms with Crippen molar-refractivity contribution in [1.29, 1.82) is 0 Å². The predicted octanol–water partition coefficient (Wildman–Crippen LogP) is 1.15. The molecule has 5 heteroatoms. The van der Waals surface area contributed by atoms with Crippen LogP contribution >= 0.6 is 0 Å². The summed E-state index contributed by atoms with van der Waals surface area (Å²) < 4.78 is 5.87. The summed E-state index contributed by atoms with van der Waals surface area (Å²) in [7, 11) is 0. The van der Waals surface area contributed by atoms with Gasteiger partial charge in [0, 0.05) is 25.2 Å². The highest BCUT2D eigenvalue weighted by Gasteiger charge is 2.39. The molecule has 0 aromatic rings. The summed E-state index contributed by atoms with van der Waals surface area (Å²) in [5, 5.41) is 12.0. The Morgan fingerprint density at radius 3 is 2.75 bits per heavy atom. The molecule has 1 unspecified atom stereocenters. The van der Waals surface area contributed by atoms with Gasteiger partial charge in [0.15, 0.2) is 0 Å². The Kier molecular flexibility index (Phi) is 6.92. The molecule has 1 aliphatic heterocycles. The zero-order valence-corrected chi connectivity index (χ0v) is 13.2. The van der Waals surface area contributed by atoms with Gasteiger partial charge in [-0.25, -0.2) is 0 Å². The first-order chi connectivity index (χ1) is 9.43. The van der Waals surface area contributed by atoms with Crippen LogP contribution in [0.4, 0.5) is 0 Å². The molecular weight excluding hydrogens is 256 g/mol. The van der Waals surface area contributed by atoms with Crippen LogP contribution < -0.4 is 5.32 Å². The molecule has 1 aliphatic rings. The van der Waals surface area contributed by atoms with Crippen molar-refractivity contribution in [3.05, 3.63) is 0 Å². The lowest BCUT2D eigenvalue weighted by molar-refractivity contribution is -0.109. The van der Waals surface area contributed by atoms with Crippen LogP contribution in [0.15, 0.2) is 0 Å². The smallest absolute Gasteiger partial charge is 0.207 e. The van der Waals surface area contributed by atoms with Gasteiger partial charge in [-0.05, 0) is 53.0 Å². The second-order valence-electron chi connectivity index (χ2n) is 6.57. The second-order valence-corrected chi connectivity index (χ2v) is 6.57. The molecule has 1 heterocycles. The topological polar surface area (TPSA) is 61.8 Å². The fourth-order valence-electron chi connectivity index (χ4n) is 3.07. The number of nitrogens with zero attached hydrogens (tertiary/aromatic N) is 1. The molecule has 0 radical (unpaired) electrons. The van der Waals surface area contributed by atoms with E-state index in [2.05, 4.69) is 31.0 Å². The van der Waals surface area contributed by atoms with Crippen LogP contribution in [0.3, 0.4) is 0 Å². The Morgan fingerprint density at radius 2 is 2.15 bits per heavy atom. The zero-order chi connectivity index (χ0) is 15.1. The average Bonchev–Trinajstić information content (AvgIpc) is 2.72. The Hall–Kier alpha value is -0.650. The first-order valence-corrected chi connectivity index (χ1v) is 7.60. The maximum absolute atomic E-state index is 10.4. The van der Waals surface area contributed by atoms with Gasteiger partial charge in [0.25, 0.3) is 0 Å². The van der Waals surface area contributed by atoms with Crippen LogP contribution in [0, 0.1) is 0 Å². The van der Waals surface area contributed by atoms with Crippen LogP contribution in [0.1, 0.15) is 46.5 Å². The molecule has 0 spiro atoms. The SMILES string of the molecule is CC(C)(C)OCCC1(CCNC=O)CCCN1CCO. The molecule has 118 valence electrons. The van der Waals surface area contributed by atoms with E-state index in [1.807, 2.05) is 0 Å². The Bertz CT molecular complexity index is 291. The van der Waals surface area contributed by atoms with Gasteiger partial charge in [0.2, 0.25) is 6.41 Å². The molecule has 0 bridgehead atoms. The van der Waals surface area contributed by atoms with Crippen LogP contribution in [0.2, 0.25) is 0 Å². The number of amides is 1. The summed E-state index contributed by atoms with van der Waals surface area (Å²) in [5.41, 5.74) is -0.0629. The quantitative estimate of drug-likeness (QED) is 0.493. The summed E-state index contributed by atoms with van der Waals surface area (Å²) in [5.74, 6) is 0. The lowest BCUT2D eigenvalue weighted by Crippen LogP contribution is -2.48. The van der Waals surface area contributed by atoms with Gasteiger partial charge in [0.1, 0.15) is 0 Å². The highest BCUT2D eigenvalue weighted by molar-refractivity contribution is 5.45. The van der Waals surface area contributed by atoms with E-state index in [9.17, 15) is 9.90 Å². The summed E-state index contributed by atoms with van der Waals surface area (Å²) in [6.07, 6.45) is 4.88. The molecular formula is C15H30N2O3. The maximum Gasteiger partial charge on any atom is 0.207 e. The largest absolute Gasteiger partial charge is 0.395 e. The fraction of sp³-hybridized carbons (Fsp3) is 0.933. The standard InChI is InChI=1S/C15H30N2O3/c1-14(2,3)20-12-7-15(6-8-16-13-19)5-4-9-17(15)10-11-18/h13,18H,4-12H2,1-3H3,(H,16,19). The Labute approximate surface area is 122 Å². The molecule has 1 rings (SSSR count). The number of rotatable bonds is 9. The Morgan fingerprint density at radius 1 is 1.40 bits per heavy atom. The molecule has 5 nitrogen and oxygen atoms in total. The van der Waals surface area contributed by atoms with Crippen LogP contribution in [-0.4, -0.2) is 60.4 Å². The highest BCUT2D eigenvalue weighted by Crippen LogP contribution is 2.35. The third kappa shape index (κ3) is 5.38. The first kappa shape index (κ1) is 17.4. The second kappa shape index (κ2) is 7.96. The van der Waals surface area contributed by atoms with Crippen molar-refractivity contribution in [2.24, 2.45) is 0 Å². The summed E-state index contributed by atoms with van der Waals surface area (Å²) in [6.45, 7) is 9.50. The van der Waals surface area contributed by atoms with E-state index >= 15 is 0 Å². The molecule has 1 amide bonds. The summed E-state index contributed by atoms with van der Waals surface area (Å²) in [4.78, 5) is 12.8.